The molecule has 1 fully saturated rings. The van der Waals surface area contributed by atoms with Crippen molar-refractivity contribution in [3.8, 4) is 5.75 Å². The van der Waals surface area contributed by atoms with Gasteiger partial charge < -0.3 is 25.2 Å². The topological polar surface area (TPSA) is 116 Å². The van der Waals surface area contributed by atoms with Crippen LogP contribution in [-0.2, 0) is 20.9 Å². The van der Waals surface area contributed by atoms with Crippen molar-refractivity contribution in [2.45, 2.75) is 33.2 Å². The van der Waals surface area contributed by atoms with Gasteiger partial charge in [0.15, 0.2) is 0 Å². The van der Waals surface area contributed by atoms with Crippen LogP contribution in [0.1, 0.15) is 32.3 Å². The van der Waals surface area contributed by atoms with Crippen molar-refractivity contribution in [3.63, 3.8) is 0 Å². The van der Waals surface area contributed by atoms with Crippen molar-refractivity contribution in [2.24, 2.45) is 11.8 Å². The number of nitrogens with one attached hydrogen (secondary N) is 1. The van der Waals surface area contributed by atoms with E-state index in [0.717, 1.165) is 43.8 Å². The van der Waals surface area contributed by atoms with Crippen molar-refractivity contribution < 1.29 is 29.3 Å². The number of carbonyl (C=O) groups excluding carboxylic acids is 1. The number of methoxy groups -OCH3 is 1. The molecule has 8 nitrogen and oxygen atoms in total. The molecule has 1 aliphatic heterocycles. The van der Waals surface area contributed by atoms with Crippen LogP contribution in [0.3, 0.4) is 0 Å². The van der Waals surface area contributed by atoms with Crippen LogP contribution >= 0.6 is 0 Å². The molecule has 0 atom stereocenters. The number of rotatable bonds is 6. The summed E-state index contributed by atoms with van der Waals surface area (Å²) in [5.41, 5.74) is 1.10. The third-order valence-corrected chi connectivity index (χ3v) is 4.39. The zero-order chi connectivity index (χ0) is 21.1. The lowest BCUT2D eigenvalue weighted by atomic mass is 9.95. The fourth-order valence-electron chi connectivity index (χ4n) is 2.97. The molecule has 3 N–H and O–H groups in total. The number of carboxylic acid groups (broad SMARTS) is 2. The van der Waals surface area contributed by atoms with E-state index >= 15 is 0 Å². The van der Waals surface area contributed by atoms with Crippen molar-refractivity contribution in [1.82, 2.24) is 10.2 Å². The molecular formula is C20H30N2O6. The van der Waals surface area contributed by atoms with Gasteiger partial charge in [0, 0.05) is 19.0 Å². The summed E-state index contributed by atoms with van der Waals surface area (Å²) in [5, 5.41) is 17.8. The van der Waals surface area contributed by atoms with E-state index in [0.29, 0.717) is 12.5 Å². The van der Waals surface area contributed by atoms with Crippen molar-refractivity contribution >= 4 is 17.8 Å². The fraction of sp³-hybridized carbons (Fsp3) is 0.550. The summed E-state index contributed by atoms with van der Waals surface area (Å²) in [5.74, 6) is -1.75. The van der Waals surface area contributed by atoms with E-state index in [1.54, 1.807) is 7.11 Å². The van der Waals surface area contributed by atoms with Crippen LogP contribution in [0.25, 0.3) is 0 Å². The standard InChI is InChI=1S/C18H28N2O2.C2H2O4/c1-14(2)13-20-10-8-16(9-11-20)18(21)19-12-15-4-6-17(22-3)7-5-15;3-1(4)2(5)6/h4-7,14,16H,8-13H2,1-3H3,(H,19,21);(H,3,4)(H,5,6). The van der Waals surface area contributed by atoms with Crippen LogP contribution < -0.4 is 10.1 Å². The summed E-state index contributed by atoms with van der Waals surface area (Å²) < 4.78 is 5.14. The molecule has 2 rings (SSSR count). The van der Waals surface area contributed by atoms with Gasteiger partial charge in [-0.15, -0.1) is 0 Å². The largest absolute Gasteiger partial charge is 0.497 e. The van der Waals surface area contributed by atoms with E-state index < -0.39 is 11.9 Å². The predicted molar refractivity (Wildman–Crippen MR) is 104 cm³/mol. The first-order valence-corrected chi connectivity index (χ1v) is 9.32. The van der Waals surface area contributed by atoms with Crippen LogP contribution in [-0.4, -0.2) is 59.7 Å². The summed E-state index contributed by atoms with van der Waals surface area (Å²) in [6, 6.07) is 7.83. The number of hydrogen-bond donors (Lipinski definition) is 3. The molecule has 156 valence electrons. The Bertz CT molecular complexity index is 625. The van der Waals surface area contributed by atoms with E-state index in [4.69, 9.17) is 24.5 Å². The second-order valence-electron chi connectivity index (χ2n) is 7.14. The lowest BCUT2D eigenvalue weighted by molar-refractivity contribution is -0.159. The highest BCUT2D eigenvalue weighted by atomic mass is 16.5. The Balaban J connectivity index is 0.000000568. The lowest BCUT2D eigenvalue weighted by Crippen LogP contribution is -2.41. The van der Waals surface area contributed by atoms with Crippen molar-refractivity contribution in [1.29, 1.82) is 0 Å². The molecule has 1 aromatic rings. The molecule has 1 amide bonds. The van der Waals surface area contributed by atoms with Gasteiger partial charge in [-0.05, 0) is 49.5 Å². The molecular weight excluding hydrogens is 364 g/mol. The normalized spacial score (nSPS) is 14.7. The predicted octanol–water partition coefficient (Wildman–Crippen LogP) is 1.83. The monoisotopic (exact) mass is 394 g/mol. The fourth-order valence-corrected chi connectivity index (χ4v) is 2.97. The third kappa shape index (κ3) is 8.85. The van der Waals surface area contributed by atoms with E-state index in [-0.39, 0.29) is 11.8 Å². The number of hydrogen-bond acceptors (Lipinski definition) is 5. The van der Waals surface area contributed by atoms with E-state index in [2.05, 4.69) is 24.1 Å². The highest BCUT2D eigenvalue weighted by Crippen LogP contribution is 2.18. The summed E-state index contributed by atoms with van der Waals surface area (Å²) in [6.45, 7) is 8.30. The van der Waals surface area contributed by atoms with Crippen LogP contribution in [0, 0.1) is 11.8 Å². The molecule has 1 aromatic carbocycles. The molecule has 0 aromatic heterocycles. The molecule has 8 heteroatoms. The number of ether oxygens (including phenoxy) is 1. The zero-order valence-electron chi connectivity index (χ0n) is 16.7. The van der Waals surface area contributed by atoms with E-state index in [1.165, 1.54) is 0 Å². The molecule has 1 aliphatic rings. The molecule has 0 radical (unpaired) electrons. The second kappa shape index (κ2) is 12.0. The molecule has 0 aliphatic carbocycles. The highest BCUT2D eigenvalue weighted by Gasteiger charge is 2.24. The van der Waals surface area contributed by atoms with Gasteiger partial charge in [-0.2, -0.15) is 0 Å². The Morgan fingerprint density at radius 1 is 1.11 bits per heavy atom. The highest BCUT2D eigenvalue weighted by molar-refractivity contribution is 6.27. The summed E-state index contributed by atoms with van der Waals surface area (Å²) in [6.07, 6.45) is 1.95. The smallest absolute Gasteiger partial charge is 0.414 e. The average Bonchev–Trinajstić information content (AvgIpc) is 2.67. The minimum atomic E-state index is -1.82. The number of aliphatic carboxylic acids is 2. The number of likely N-dealkylation sites (tertiary alicyclic amines) is 1. The Morgan fingerprint density at radius 3 is 2.07 bits per heavy atom. The summed E-state index contributed by atoms with van der Waals surface area (Å²) in [4.78, 5) is 32.9. The molecule has 28 heavy (non-hydrogen) atoms. The first-order chi connectivity index (χ1) is 13.2. The van der Waals surface area contributed by atoms with E-state index in [9.17, 15) is 4.79 Å². The quantitative estimate of drug-likeness (QED) is 0.630. The summed E-state index contributed by atoms with van der Waals surface area (Å²) >= 11 is 0. The number of piperidine rings is 1. The maximum atomic E-state index is 12.3. The number of amides is 1. The lowest BCUT2D eigenvalue weighted by Gasteiger charge is -2.32. The minimum absolute atomic E-state index is 0.168. The van der Waals surface area contributed by atoms with Crippen LogP contribution in [0.4, 0.5) is 0 Å². The van der Waals surface area contributed by atoms with Gasteiger partial charge in [0.1, 0.15) is 5.75 Å². The number of carboxylic acids is 2. The van der Waals surface area contributed by atoms with Crippen molar-refractivity contribution in [2.75, 3.05) is 26.7 Å². The molecule has 1 saturated heterocycles. The van der Waals surface area contributed by atoms with Gasteiger partial charge in [-0.1, -0.05) is 26.0 Å². The maximum absolute atomic E-state index is 12.3. The number of carbonyl (C=O) groups is 3. The Labute approximate surface area is 165 Å². The summed E-state index contributed by atoms with van der Waals surface area (Å²) in [7, 11) is 1.66. The molecule has 0 bridgehead atoms. The van der Waals surface area contributed by atoms with Crippen LogP contribution in [0.15, 0.2) is 24.3 Å². The minimum Gasteiger partial charge on any atom is -0.497 e. The van der Waals surface area contributed by atoms with Crippen LogP contribution in [0.5, 0.6) is 5.75 Å². The second-order valence-corrected chi connectivity index (χ2v) is 7.14. The first-order valence-electron chi connectivity index (χ1n) is 9.32. The number of nitrogens with zero attached hydrogens (tertiary/aromatic N) is 1. The van der Waals surface area contributed by atoms with Gasteiger partial charge in [0.05, 0.1) is 7.11 Å². The Kier molecular flexibility index (Phi) is 10.0. The van der Waals surface area contributed by atoms with Gasteiger partial charge in [-0.25, -0.2) is 9.59 Å². The Hall–Kier alpha value is -2.61. The zero-order valence-corrected chi connectivity index (χ0v) is 16.7. The number of benzene rings is 1. The maximum Gasteiger partial charge on any atom is 0.414 e. The van der Waals surface area contributed by atoms with Gasteiger partial charge in [0.25, 0.3) is 0 Å². The third-order valence-electron chi connectivity index (χ3n) is 4.39. The van der Waals surface area contributed by atoms with Crippen molar-refractivity contribution in [3.05, 3.63) is 29.8 Å². The molecule has 0 unspecified atom stereocenters. The molecule has 0 saturated carbocycles. The Morgan fingerprint density at radius 2 is 1.64 bits per heavy atom. The van der Waals surface area contributed by atoms with Crippen LogP contribution in [0.2, 0.25) is 0 Å². The van der Waals surface area contributed by atoms with Gasteiger partial charge in [0.2, 0.25) is 5.91 Å². The first kappa shape index (κ1) is 23.4. The van der Waals surface area contributed by atoms with Gasteiger partial charge in [-0.3, -0.25) is 4.79 Å². The van der Waals surface area contributed by atoms with E-state index in [1.807, 2.05) is 24.3 Å². The van der Waals surface area contributed by atoms with Gasteiger partial charge >= 0.3 is 11.9 Å². The SMILES string of the molecule is COc1ccc(CNC(=O)C2CCN(CC(C)C)CC2)cc1.O=C(O)C(=O)O. The molecule has 1 heterocycles. The average molecular weight is 394 g/mol. The molecule has 0 spiro atoms.